The minimum atomic E-state index is 0.589. The minimum absolute atomic E-state index is 0.589. The quantitative estimate of drug-likeness (QED) is 0.176. The number of hydrogen-bond donors (Lipinski definition) is 0. The van der Waals surface area contributed by atoms with Crippen LogP contribution in [-0.4, -0.2) is 15.0 Å². The predicted octanol–water partition coefficient (Wildman–Crippen LogP) is 14.3. The van der Waals surface area contributed by atoms with Crippen LogP contribution in [0.25, 0.3) is 122 Å². The predicted molar refractivity (Wildman–Crippen MR) is 237 cm³/mol. The molecule has 0 aliphatic rings. The van der Waals surface area contributed by atoms with Gasteiger partial charge in [0.15, 0.2) is 17.5 Å². The molecule has 270 valence electrons. The summed E-state index contributed by atoms with van der Waals surface area (Å²) < 4.78 is 12.5. The molecular weight excluding hydrogens is 711 g/mol. The topological polar surface area (TPSA) is 65.0 Å². The van der Waals surface area contributed by atoms with Crippen LogP contribution in [-0.2, 0) is 0 Å². The number of furan rings is 2. The normalized spacial score (nSPS) is 11.8. The van der Waals surface area contributed by atoms with E-state index in [1.54, 1.807) is 0 Å². The van der Waals surface area contributed by atoms with Crippen molar-refractivity contribution >= 4 is 65.4 Å². The summed E-state index contributed by atoms with van der Waals surface area (Å²) in [5.41, 5.74) is 10.7. The first-order chi connectivity index (χ1) is 28.7. The van der Waals surface area contributed by atoms with Crippen LogP contribution < -0.4 is 0 Å². The van der Waals surface area contributed by atoms with Crippen molar-refractivity contribution in [3.8, 4) is 56.4 Å². The maximum atomic E-state index is 6.28. The van der Waals surface area contributed by atoms with E-state index < -0.39 is 0 Å². The van der Waals surface area contributed by atoms with Crippen LogP contribution in [0.4, 0.5) is 0 Å². The second kappa shape index (κ2) is 12.8. The van der Waals surface area contributed by atoms with Gasteiger partial charge in [-0.2, -0.15) is 0 Å². The lowest BCUT2D eigenvalue weighted by Crippen LogP contribution is -2.00. The largest absolute Gasteiger partial charge is 0.456 e. The molecule has 0 unspecified atom stereocenters. The van der Waals surface area contributed by atoms with Crippen molar-refractivity contribution in [2.45, 2.75) is 0 Å². The van der Waals surface area contributed by atoms with Gasteiger partial charge >= 0.3 is 0 Å². The Kier molecular flexibility index (Phi) is 7.16. The van der Waals surface area contributed by atoms with Crippen molar-refractivity contribution in [1.29, 1.82) is 0 Å². The molecule has 0 N–H and O–H groups in total. The summed E-state index contributed by atoms with van der Waals surface area (Å²) in [7, 11) is 0. The van der Waals surface area contributed by atoms with Crippen molar-refractivity contribution in [3.63, 3.8) is 0 Å². The van der Waals surface area contributed by atoms with Crippen molar-refractivity contribution < 1.29 is 8.83 Å². The number of fused-ring (bicyclic) bond motifs is 9. The molecule has 0 aliphatic heterocycles. The first kappa shape index (κ1) is 32.4. The van der Waals surface area contributed by atoms with Crippen molar-refractivity contribution in [2.24, 2.45) is 0 Å². The van der Waals surface area contributed by atoms with Crippen LogP contribution in [0.15, 0.2) is 197 Å². The summed E-state index contributed by atoms with van der Waals surface area (Å²) in [5.74, 6) is 1.79. The van der Waals surface area contributed by atoms with Crippen molar-refractivity contribution in [1.82, 2.24) is 15.0 Å². The Labute approximate surface area is 332 Å². The minimum Gasteiger partial charge on any atom is -0.456 e. The highest BCUT2D eigenvalue weighted by atomic mass is 16.3. The van der Waals surface area contributed by atoms with Crippen LogP contribution >= 0.6 is 0 Å². The highest BCUT2D eigenvalue weighted by Gasteiger charge is 2.18. The van der Waals surface area contributed by atoms with E-state index in [4.69, 9.17) is 23.8 Å². The van der Waals surface area contributed by atoms with E-state index in [1.807, 2.05) is 48.5 Å². The van der Waals surface area contributed by atoms with E-state index in [-0.39, 0.29) is 0 Å². The third-order valence-electron chi connectivity index (χ3n) is 11.3. The maximum Gasteiger partial charge on any atom is 0.164 e. The molecule has 58 heavy (non-hydrogen) atoms. The second-order valence-electron chi connectivity index (χ2n) is 14.8. The molecule has 12 aromatic rings. The molecule has 0 atom stereocenters. The van der Waals surface area contributed by atoms with Gasteiger partial charge in [-0.1, -0.05) is 146 Å². The summed E-state index contributed by atoms with van der Waals surface area (Å²) in [4.78, 5) is 15.5. The molecule has 9 aromatic carbocycles. The number of hydrogen-bond acceptors (Lipinski definition) is 5. The Bertz CT molecular complexity index is 3570. The molecule has 0 bridgehead atoms. The molecular formula is C53H31N3O2. The van der Waals surface area contributed by atoms with E-state index >= 15 is 0 Å². The van der Waals surface area contributed by atoms with Crippen molar-refractivity contribution in [3.05, 3.63) is 188 Å². The Morgan fingerprint density at radius 1 is 0.276 bits per heavy atom. The number of nitrogens with zero attached hydrogens (tertiary/aromatic N) is 3. The van der Waals surface area contributed by atoms with Gasteiger partial charge in [0.1, 0.15) is 22.3 Å². The molecule has 0 aliphatic carbocycles. The Morgan fingerprint density at radius 3 is 1.53 bits per heavy atom. The lowest BCUT2D eigenvalue weighted by molar-refractivity contribution is 0.668. The molecule has 5 nitrogen and oxygen atoms in total. The molecule has 0 saturated heterocycles. The summed E-state index contributed by atoms with van der Waals surface area (Å²) >= 11 is 0. The SMILES string of the molecule is c1ccc(-c2ccc3cc(-c4nc(-c5ccc(-c6ccc7ccc8oc9ccccc9c8c7c6)cc5)nc(-c5cccc6oc7ccccc7c56)n4)ccc3c2)cc1. The average Bonchev–Trinajstić information content (AvgIpc) is 3.88. The molecule has 3 heterocycles. The van der Waals surface area contributed by atoms with Crippen LogP contribution in [0.3, 0.4) is 0 Å². The van der Waals surface area contributed by atoms with E-state index in [0.717, 1.165) is 82.5 Å². The number of rotatable bonds is 5. The lowest BCUT2D eigenvalue weighted by Gasteiger charge is -2.11. The zero-order valence-electron chi connectivity index (χ0n) is 31.1. The first-order valence-electron chi connectivity index (χ1n) is 19.4. The summed E-state index contributed by atoms with van der Waals surface area (Å²) in [5, 5.41) is 8.89. The van der Waals surface area contributed by atoms with Gasteiger partial charge in [-0.15, -0.1) is 0 Å². The molecule has 0 amide bonds. The van der Waals surface area contributed by atoms with Gasteiger partial charge in [0.25, 0.3) is 0 Å². The monoisotopic (exact) mass is 741 g/mol. The molecule has 0 fully saturated rings. The zero-order valence-corrected chi connectivity index (χ0v) is 31.1. The van der Waals surface area contributed by atoms with Gasteiger partial charge < -0.3 is 8.83 Å². The third kappa shape index (κ3) is 5.29. The van der Waals surface area contributed by atoms with Gasteiger partial charge in [-0.25, -0.2) is 15.0 Å². The fourth-order valence-corrected chi connectivity index (χ4v) is 8.45. The molecule has 3 aromatic heterocycles. The average molecular weight is 742 g/mol. The van der Waals surface area contributed by atoms with E-state index in [9.17, 15) is 0 Å². The summed E-state index contributed by atoms with van der Waals surface area (Å²) in [6.45, 7) is 0. The molecule has 5 heteroatoms. The third-order valence-corrected chi connectivity index (χ3v) is 11.3. The van der Waals surface area contributed by atoms with Gasteiger partial charge in [0.05, 0.1) is 0 Å². The Morgan fingerprint density at radius 2 is 0.776 bits per heavy atom. The smallest absolute Gasteiger partial charge is 0.164 e. The number of aromatic nitrogens is 3. The van der Waals surface area contributed by atoms with Crippen LogP contribution in [0.2, 0.25) is 0 Å². The zero-order chi connectivity index (χ0) is 38.2. The number of benzene rings is 9. The molecule has 12 rings (SSSR count). The molecule has 0 saturated carbocycles. The summed E-state index contributed by atoms with van der Waals surface area (Å²) in [6, 6.07) is 65.3. The van der Waals surface area contributed by atoms with E-state index in [1.165, 1.54) is 21.9 Å². The maximum absolute atomic E-state index is 6.28. The van der Waals surface area contributed by atoms with Crippen molar-refractivity contribution in [2.75, 3.05) is 0 Å². The van der Waals surface area contributed by atoms with Crippen LogP contribution in [0.5, 0.6) is 0 Å². The van der Waals surface area contributed by atoms with E-state index in [2.05, 4.69) is 140 Å². The van der Waals surface area contributed by atoms with Gasteiger partial charge in [0, 0.05) is 38.2 Å². The van der Waals surface area contributed by atoms with Gasteiger partial charge in [0.2, 0.25) is 0 Å². The fourth-order valence-electron chi connectivity index (χ4n) is 8.45. The van der Waals surface area contributed by atoms with Crippen LogP contribution in [0, 0.1) is 0 Å². The number of para-hydroxylation sites is 2. The highest BCUT2D eigenvalue weighted by Crippen LogP contribution is 2.39. The summed E-state index contributed by atoms with van der Waals surface area (Å²) in [6.07, 6.45) is 0. The van der Waals surface area contributed by atoms with E-state index in [0.29, 0.717) is 17.5 Å². The van der Waals surface area contributed by atoms with Gasteiger partial charge in [-0.05, 0) is 86.3 Å². The lowest BCUT2D eigenvalue weighted by atomic mass is 9.97. The fraction of sp³-hybridized carbons (Fsp3) is 0. The second-order valence-corrected chi connectivity index (χ2v) is 14.8. The molecule has 0 radical (unpaired) electrons. The first-order valence-corrected chi connectivity index (χ1v) is 19.4. The standard InChI is InChI=1S/C53H31N3O2/c1-2-9-32(10-3-1)36-23-24-38-30-40(26-25-37(38)29-36)52-54-51(55-53(56-52)43-13-8-16-47-49(43)41-11-4-6-14-45(41)57-47)35-20-17-33(18-21-35)39-22-19-34-27-28-48-50(44(34)31-39)42-12-5-7-15-46(42)58-48/h1-31H. The molecule has 0 spiro atoms. The Hall–Kier alpha value is -7.89. The van der Waals surface area contributed by atoms with Gasteiger partial charge in [-0.3, -0.25) is 0 Å². The van der Waals surface area contributed by atoms with Crippen LogP contribution in [0.1, 0.15) is 0 Å². The Balaban J connectivity index is 0.989. The highest BCUT2D eigenvalue weighted by molar-refractivity contribution is 6.19.